The van der Waals surface area contributed by atoms with Crippen molar-refractivity contribution in [1.82, 2.24) is 9.80 Å². The van der Waals surface area contributed by atoms with Crippen molar-refractivity contribution in [2.45, 2.75) is 46.0 Å². The summed E-state index contributed by atoms with van der Waals surface area (Å²) < 4.78 is 0. The van der Waals surface area contributed by atoms with Crippen LogP contribution in [0.3, 0.4) is 0 Å². The van der Waals surface area contributed by atoms with E-state index in [1.165, 1.54) is 38.6 Å². The summed E-state index contributed by atoms with van der Waals surface area (Å²) in [6.07, 6.45) is 6.73. The van der Waals surface area contributed by atoms with E-state index in [1.807, 2.05) is 14.1 Å². The summed E-state index contributed by atoms with van der Waals surface area (Å²) in [5.74, 6) is 0. The van der Waals surface area contributed by atoms with Crippen molar-refractivity contribution < 1.29 is 0 Å². The first kappa shape index (κ1) is 24.4. The lowest BCUT2D eigenvalue weighted by molar-refractivity contribution is 0.391. The molecule has 0 radical (unpaired) electrons. The third-order valence-corrected chi connectivity index (χ3v) is 3.02. The first-order chi connectivity index (χ1) is 8.95. The number of alkyl halides is 1. The molecule has 3 nitrogen and oxygen atoms in total. The van der Waals surface area contributed by atoms with Crippen LogP contribution in [0.4, 0.5) is 0 Å². The Morgan fingerprint density at radius 3 is 1.47 bits per heavy atom. The van der Waals surface area contributed by atoms with Crippen LogP contribution in [0.5, 0.6) is 0 Å². The number of likely N-dealkylation sites (N-methyl/N-ethyl adjacent to an activating group) is 1. The molecule has 0 unspecified atom stereocenters. The molecule has 0 bridgehead atoms. The standard InChI is InChI=1S/C8H19N.C4H12N2.C3H7Br/c1-4-5-6-7-8-9(2)3;1-6(2)4-3-5;1-2-3-4/h4-8H2,1-3H3;3-5H2,1-2H3;2-3H2,1H3. The number of hydrogen-bond donors (Lipinski definition) is 1. The number of hydrogen-bond acceptors (Lipinski definition) is 3. The summed E-state index contributed by atoms with van der Waals surface area (Å²) in [7, 11) is 8.28. The van der Waals surface area contributed by atoms with Crippen LogP contribution in [-0.4, -0.2) is 63.0 Å². The molecule has 0 aliphatic rings. The molecule has 0 rings (SSSR count). The van der Waals surface area contributed by atoms with Gasteiger partial charge < -0.3 is 15.5 Å². The fraction of sp³-hybridized carbons (Fsp3) is 1.00. The van der Waals surface area contributed by atoms with Gasteiger partial charge in [-0.3, -0.25) is 0 Å². The maximum Gasteiger partial charge on any atom is 0.00985 e. The van der Waals surface area contributed by atoms with Gasteiger partial charge in [0.15, 0.2) is 0 Å². The number of rotatable bonds is 8. The van der Waals surface area contributed by atoms with Crippen LogP contribution in [0.2, 0.25) is 0 Å². The van der Waals surface area contributed by atoms with Gasteiger partial charge in [-0.05, 0) is 47.6 Å². The maximum atomic E-state index is 5.19. The van der Waals surface area contributed by atoms with E-state index < -0.39 is 0 Å². The highest BCUT2D eigenvalue weighted by Crippen LogP contribution is 1.98. The van der Waals surface area contributed by atoms with Crippen LogP contribution in [0.15, 0.2) is 0 Å². The molecule has 0 aliphatic carbocycles. The van der Waals surface area contributed by atoms with Gasteiger partial charge in [0.25, 0.3) is 0 Å². The molecule has 0 heterocycles. The summed E-state index contributed by atoms with van der Waals surface area (Å²) in [5, 5.41) is 1.13. The SMILES string of the molecule is CCCBr.CCCCCCN(C)C.CN(C)CCN. The molecular formula is C15H38BrN3. The highest BCUT2D eigenvalue weighted by Gasteiger charge is 1.88. The van der Waals surface area contributed by atoms with E-state index in [-0.39, 0.29) is 0 Å². The number of halogens is 1. The van der Waals surface area contributed by atoms with Crippen molar-refractivity contribution in [1.29, 1.82) is 0 Å². The highest BCUT2D eigenvalue weighted by atomic mass is 79.9. The molecule has 0 atom stereocenters. The van der Waals surface area contributed by atoms with Gasteiger partial charge in [0.2, 0.25) is 0 Å². The van der Waals surface area contributed by atoms with E-state index in [4.69, 9.17) is 5.73 Å². The van der Waals surface area contributed by atoms with Gasteiger partial charge in [0.05, 0.1) is 0 Å². The zero-order chi connectivity index (χ0) is 15.5. The lowest BCUT2D eigenvalue weighted by atomic mass is 10.2. The van der Waals surface area contributed by atoms with Crippen molar-refractivity contribution in [3.05, 3.63) is 0 Å². The van der Waals surface area contributed by atoms with Crippen LogP contribution >= 0.6 is 15.9 Å². The average Bonchev–Trinajstić information content (AvgIpc) is 2.35. The minimum absolute atomic E-state index is 0.757. The summed E-state index contributed by atoms with van der Waals surface area (Å²) >= 11 is 3.25. The van der Waals surface area contributed by atoms with Crippen molar-refractivity contribution >= 4 is 15.9 Å². The Labute approximate surface area is 131 Å². The molecule has 0 aromatic heterocycles. The van der Waals surface area contributed by atoms with Crippen molar-refractivity contribution in [3.8, 4) is 0 Å². The van der Waals surface area contributed by atoms with Gasteiger partial charge in [-0.2, -0.15) is 0 Å². The first-order valence-corrected chi connectivity index (χ1v) is 8.63. The molecule has 0 saturated carbocycles. The molecule has 2 N–H and O–H groups in total. The molecule has 4 heteroatoms. The Balaban J connectivity index is -0.000000222. The molecule has 0 saturated heterocycles. The predicted molar refractivity (Wildman–Crippen MR) is 94.4 cm³/mol. The van der Waals surface area contributed by atoms with E-state index in [9.17, 15) is 0 Å². The van der Waals surface area contributed by atoms with Crippen molar-refractivity contribution in [3.63, 3.8) is 0 Å². The second kappa shape index (κ2) is 23.5. The van der Waals surface area contributed by atoms with Crippen LogP contribution in [0.1, 0.15) is 46.0 Å². The molecule has 0 spiro atoms. The Hall–Kier alpha value is 0.360. The smallest absolute Gasteiger partial charge is 0.00985 e. The van der Waals surface area contributed by atoms with Crippen LogP contribution in [-0.2, 0) is 0 Å². The zero-order valence-corrected chi connectivity index (χ0v) is 15.8. The normalized spacial score (nSPS) is 9.79. The molecule has 0 fully saturated rings. The number of nitrogens with zero attached hydrogens (tertiary/aromatic N) is 2. The molecular weight excluding hydrogens is 302 g/mol. The lowest BCUT2D eigenvalue weighted by Gasteiger charge is -2.07. The van der Waals surface area contributed by atoms with E-state index in [2.05, 4.69) is 53.7 Å². The van der Waals surface area contributed by atoms with Gasteiger partial charge in [0.1, 0.15) is 0 Å². The van der Waals surface area contributed by atoms with Gasteiger partial charge in [-0.25, -0.2) is 0 Å². The second-order valence-electron chi connectivity index (χ2n) is 5.14. The molecule has 0 amide bonds. The number of nitrogens with two attached hydrogens (primary N) is 1. The predicted octanol–water partition coefficient (Wildman–Crippen LogP) is 3.43. The minimum atomic E-state index is 0.757. The monoisotopic (exact) mass is 339 g/mol. The van der Waals surface area contributed by atoms with Crippen molar-refractivity contribution in [2.24, 2.45) is 5.73 Å². The minimum Gasteiger partial charge on any atom is -0.329 e. The summed E-state index contributed by atoms with van der Waals surface area (Å²) in [6.45, 7) is 7.37. The van der Waals surface area contributed by atoms with Gasteiger partial charge in [0, 0.05) is 18.4 Å². The van der Waals surface area contributed by atoms with E-state index in [1.54, 1.807) is 0 Å². The third-order valence-electron chi connectivity index (χ3n) is 2.22. The molecule has 0 aliphatic heterocycles. The van der Waals surface area contributed by atoms with Crippen molar-refractivity contribution in [2.75, 3.05) is 53.2 Å². The highest BCUT2D eigenvalue weighted by molar-refractivity contribution is 9.09. The topological polar surface area (TPSA) is 32.5 Å². The lowest BCUT2D eigenvalue weighted by Crippen LogP contribution is -2.20. The van der Waals surface area contributed by atoms with E-state index in [0.29, 0.717) is 0 Å². The fourth-order valence-electron chi connectivity index (χ4n) is 1.11. The average molecular weight is 340 g/mol. The van der Waals surface area contributed by atoms with Gasteiger partial charge in [-0.1, -0.05) is 49.0 Å². The van der Waals surface area contributed by atoms with Crippen LogP contribution in [0.25, 0.3) is 0 Å². The summed E-state index contributed by atoms with van der Waals surface area (Å²) in [4.78, 5) is 4.30. The first-order valence-electron chi connectivity index (χ1n) is 7.51. The quantitative estimate of drug-likeness (QED) is 0.543. The van der Waals surface area contributed by atoms with Gasteiger partial charge >= 0.3 is 0 Å². The summed E-state index contributed by atoms with van der Waals surface area (Å²) in [5.41, 5.74) is 5.19. The molecule has 0 aromatic rings. The van der Waals surface area contributed by atoms with E-state index in [0.717, 1.165) is 18.4 Å². The largest absolute Gasteiger partial charge is 0.329 e. The third kappa shape index (κ3) is 45.8. The Morgan fingerprint density at radius 1 is 0.789 bits per heavy atom. The summed E-state index contributed by atoms with van der Waals surface area (Å²) in [6, 6.07) is 0. The number of unbranched alkanes of at least 4 members (excludes halogenated alkanes) is 3. The second-order valence-corrected chi connectivity index (χ2v) is 5.94. The van der Waals surface area contributed by atoms with E-state index >= 15 is 0 Å². The molecule has 19 heavy (non-hydrogen) atoms. The maximum absolute atomic E-state index is 5.19. The molecule has 120 valence electrons. The fourth-order valence-corrected chi connectivity index (χ4v) is 1.11. The Kier molecular flexibility index (Phi) is 30.1. The van der Waals surface area contributed by atoms with Crippen LogP contribution in [0, 0.1) is 0 Å². The molecule has 0 aromatic carbocycles. The Morgan fingerprint density at radius 2 is 1.26 bits per heavy atom. The zero-order valence-electron chi connectivity index (χ0n) is 14.2. The Bertz CT molecular complexity index is 129. The van der Waals surface area contributed by atoms with Gasteiger partial charge in [-0.15, -0.1) is 0 Å². The van der Waals surface area contributed by atoms with Crippen LogP contribution < -0.4 is 5.73 Å².